The van der Waals surface area contributed by atoms with E-state index < -0.39 is 10.9 Å². The minimum absolute atomic E-state index is 0.393. The largest absolute Gasteiger partial charge is 0.546 e. The minimum atomic E-state index is -2.02. The fraction of sp³-hybridized carbons (Fsp3) is 0.143. The predicted octanol–water partition coefficient (Wildman–Crippen LogP) is 1.72. The van der Waals surface area contributed by atoms with E-state index in [1.54, 1.807) is 31.4 Å². The number of benzene rings is 1. The first-order valence-electron chi connectivity index (χ1n) is 3.18. The zero-order chi connectivity index (χ0) is 8.97. The van der Waals surface area contributed by atoms with Gasteiger partial charge in [0.2, 0.25) is 0 Å². The van der Waals surface area contributed by atoms with Crippen LogP contribution in [0.5, 0.6) is 11.5 Å². The van der Waals surface area contributed by atoms with Gasteiger partial charge in [0.25, 0.3) is 0 Å². The number of hydrogen-bond acceptors (Lipinski definition) is 5. The summed E-state index contributed by atoms with van der Waals surface area (Å²) in [4.78, 5) is 0. The first-order valence-corrected chi connectivity index (χ1v) is 4.25. The van der Waals surface area contributed by atoms with E-state index in [0.717, 1.165) is 0 Å². The van der Waals surface area contributed by atoms with Crippen molar-refractivity contribution in [2.24, 2.45) is 0 Å². The molecule has 1 aromatic carbocycles. The summed E-state index contributed by atoms with van der Waals surface area (Å²) in [6.45, 7) is 0. The van der Waals surface area contributed by atoms with Crippen molar-refractivity contribution >= 4 is 10.9 Å². The van der Waals surface area contributed by atoms with E-state index in [4.69, 9.17) is 9.52 Å². The summed E-state index contributed by atoms with van der Waals surface area (Å²) in [5.74, 6) is 1.09. The first-order chi connectivity index (χ1) is 5.72. The summed E-state index contributed by atoms with van der Waals surface area (Å²) in [7, 11) is -0.462. The fourth-order valence-electron chi connectivity index (χ4n) is 0.719. The van der Waals surface area contributed by atoms with E-state index in [9.17, 15) is 4.21 Å². The van der Waals surface area contributed by atoms with Gasteiger partial charge >= 0.3 is 0 Å². The number of rotatable bonds is 3. The van der Waals surface area contributed by atoms with Crippen molar-refractivity contribution in [1.29, 1.82) is 4.78 Å². The van der Waals surface area contributed by atoms with Crippen LogP contribution in [0.4, 0.5) is 0 Å². The maximum absolute atomic E-state index is 10.3. The molecule has 0 amide bonds. The Morgan fingerprint density at radius 3 is 2.17 bits per heavy atom. The van der Waals surface area contributed by atoms with Crippen LogP contribution >= 0.6 is 0 Å². The summed E-state index contributed by atoms with van der Waals surface area (Å²) in [6, 6.07) is 6.51. The highest BCUT2D eigenvalue weighted by Gasteiger charge is 1.90. The van der Waals surface area contributed by atoms with Gasteiger partial charge in [0.1, 0.15) is 11.5 Å². The molecule has 0 fully saturated rings. The van der Waals surface area contributed by atoms with Gasteiger partial charge in [0, 0.05) is 0 Å². The Hall–Kier alpha value is -1.23. The summed E-state index contributed by atoms with van der Waals surface area (Å²) < 4.78 is 26.4. The molecule has 1 aromatic rings. The lowest BCUT2D eigenvalue weighted by molar-refractivity contribution is 0.414. The topological polar surface area (TPSA) is 59.4 Å². The minimum Gasteiger partial charge on any atom is -0.546 e. The molecule has 0 aliphatic carbocycles. The fourth-order valence-corrected chi connectivity index (χ4v) is 1.00. The quantitative estimate of drug-likeness (QED) is 0.731. The van der Waals surface area contributed by atoms with Gasteiger partial charge in [0.05, 0.1) is 7.11 Å². The molecule has 0 unspecified atom stereocenters. The van der Waals surface area contributed by atoms with Crippen molar-refractivity contribution in [2.45, 2.75) is 0 Å². The normalized spacial score (nSPS) is 9.83. The lowest BCUT2D eigenvalue weighted by atomic mass is 10.3. The molecule has 1 rings (SSSR count). The summed E-state index contributed by atoms with van der Waals surface area (Å²) in [5, 5.41) is 0. The molecule has 0 aromatic heterocycles. The Bertz CT molecular complexity index is 310. The Labute approximate surface area is 72.3 Å². The van der Waals surface area contributed by atoms with Gasteiger partial charge in [-0.1, -0.05) is 0 Å². The molecule has 12 heavy (non-hydrogen) atoms. The van der Waals surface area contributed by atoms with E-state index in [0.29, 0.717) is 11.5 Å². The third-order valence-electron chi connectivity index (χ3n) is 1.23. The van der Waals surface area contributed by atoms with Crippen LogP contribution in [0.15, 0.2) is 24.3 Å². The summed E-state index contributed by atoms with van der Waals surface area (Å²) in [6.07, 6.45) is 0. The average Bonchev–Trinajstić information content (AvgIpc) is 2.05. The van der Waals surface area contributed by atoms with Crippen LogP contribution in [-0.2, 0) is 15.1 Å². The Morgan fingerprint density at radius 1 is 1.25 bits per heavy atom. The van der Waals surface area contributed by atoms with Crippen LogP contribution in [0.2, 0.25) is 0 Å². The van der Waals surface area contributed by atoms with E-state index >= 15 is 0 Å². The SMILES string of the molecule is COc1ccc(O[S-](=N)=O)cc1. The Kier molecular flexibility index (Phi) is 2.93. The molecule has 0 aliphatic heterocycles. The van der Waals surface area contributed by atoms with Crippen LogP contribution in [0.25, 0.3) is 0 Å². The third kappa shape index (κ3) is 2.43. The van der Waals surface area contributed by atoms with Gasteiger partial charge in [-0.2, -0.15) is 0 Å². The van der Waals surface area contributed by atoms with Crippen molar-refractivity contribution < 1.29 is 13.1 Å². The molecular formula is C7H8NO3S-. The van der Waals surface area contributed by atoms with E-state index in [1.165, 1.54) is 0 Å². The van der Waals surface area contributed by atoms with Crippen molar-refractivity contribution in [2.75, 3.05) is 7.11 Å². The summed E-state index contributed by atoms with van der Waals surface area (Å²) >= 11 is 0. The second kappa shape index (κ2) is 3.96. The monoisotopic (exact) mass is 186 g/mol. The Balaban J connectivity index is 2.77. The van der Waals surface area contributed by atoms with Gasteiger partial charge in [-0.15, -0.1) is 0 Å². The molecule has 0 saturated heterocycles. The maximum Gasteiger partial charge on any atom is 0.119 e. The lowest BCUT2D eigenvalue weighted by Gasteiger charge is -2.06. The number of hydrogen-bond donors (Lipinski definition) is 1. The van der Waals surface area contributed by atoms with Gasteiger partial charge in [-0.05, 0) is 35.1 Å². The van der Waals surface area contributed by atoms with Crippen LogP contribution in [-0.4, -0.2) is 7.11 Å². The number of nitrogens with one attached hydrogen (secondary N) is 1. The molecule has 0 spiro atoms. The number of ether oxygens (including phenoxy) is 1. The first kappa shape index (κ1) is 8.86. The van der Waals surface area contributed by atoms with Crippen LogP contribution in [0, 0.1) is 4.78 Å². The molecule has 0 heterocycles. The maximum atomic E-state index is 10.3. The van der Waals surface area contributed by atoms with Crippen LogP contribution < -0.4 is 8.92 Å². The highest BCUT2D eigenvalue weighted by atomic mass is 32.2. The third-order valence-corrected chi connectivity index (χ3v) is 1.58. The van der Waals surface area contributed by atoms with Gasteiger partial charge in [-0.3, -0.25) is 0 Å². The van der Waals surface area contributed by atoms with Crippen molar-refractivity contribution in [1.82, 2.24) is 0 Å². The number of methoxy groups -OCH3 is 1. The van der Waals surface area contributed by atoms with E-state index in [2.05, 4.69) is 4.18 Å². The molecule has 0 radical (unpaired) electrons. The van der Waals surface area contributed by atoms with E-state index in [-0.39, 0.29) is 0 Å². The summed E-state index contributed by atoms with van der Waals surface area (Å²) in [5.41, 5.74) is 0. The van der Waals surface area contributed by atoms with Crippen molar-refractivity contribution in [3.63, 3.8) is 0 Å². The van der Waals surface area contributed by atoms with Crippen molar-refractivity contribution in [3.05, 3.63) is 24.3 Å². The highest BCUT2D eigenvalue weighted by molar-refractivity contribution is 7.68. The second-order valence-corrected chi connectivity index (χ2v) is 2.63. The molecule has 5 heteroatoms. The van der Waals surface area contributed by atoms with E-state index in [1.807, 2.05) is 0 Å². The second-order valence-electron chi connectivity index (χ2n) is 1.99. The van der Waals surface area contributed by atoms with Crippen LogP contribution in [0.1, 0.15) is 0 Å². The zero-order valence-electron chi connectivity index (χ0n) is 6.44. The molecular weight excluding hydrogens is 178 g/mol. The molecule has 0 aliphatic rings. The lowest BCUT2D eigenvalue weighted by Crippen LogP contribution is -1.87. The molecule has 0 bridgehead atoms. The average molecular weight is 186 g/mol. The smallest absolute Gasteiger partial charge is 0.119 e. The highest BCUT2D eigenvalue weighted by Crippen LogP contribution is 2.16. The van der Waals surface area contributed by atoms with Crippen LogP contribution in [0.3, 0.4) is 0 Å². The molecule has 0 saturated carbocycles. The predicted molar refractivity (Wildman–Crippen MR) is 44.4 cm³/mol. The molecule has 66 valence electrons. The molecule has 1 N–H and O–H groups in total. The Morgan fingerprint density at radius 2 is 1.75 bits per heavy atom. The molecule has 4 nitrogen and oxygen atoms in total. The molecule has 0 atom stereocenters. The zero-order valence-corrected chi connectivity index (χ0v) is 7.26. The van der Waals surface area contributed by atoms with Gasteiger partial charge in [0.15, 0.2) is 0 Å². The van der Waals surface area contributed by atoms with Crippen molar-refractivity contribution in [3.8, 4) is 11.5 Å². The standard InChI is InChI=1S/C7H8NO3S/c1-10-6-2-4-7(5-3-6)11-12(8)9/h2-5,8H,1H3/q-1. The van der Waals surface area contributed by atoms with Gasteiger partial charge < -0.3 is 17.9 Å². The van der Waals surface area contributed by atoms with Gasteiger partial charge in [-0.25, -0.2) is 0 Å².